The molecule has 192 valence electrons. The van der Waals surface area contributed by atoms with Crippen molar-refractivity contribution in [3.63, 3.8) is 0 Å². The number of carbonyl (C=O) groups excluding carboxylic acids is 2. The molecule has 6 heteroatoms. The fraction of sp³-hybridized carbons (Fsp3) is 0.633. The minimum atomic E-state index is -0.747. The lowest BCUT2D eigenvalue weighted by molar-refractivity contribution is -0.194. The molecule has 36 heavy (non-hydrogen) atoms. The highest BCUT2D eigenvalue weighted by Gasteiger charge is 2.73. The number of carbonyl (C=O) groups is 3. The highest BCUT2D eigenvalue weighted by Crippen LogP contribution is 2.74. The SMILES string of the molecule is CC(C)C1=C[C@@]23CC[C@H]4[C@](C)(CCC[C@@]4(C)C(=O)O)[C@@H]2C[C@H]1[C@H]1C(=O)N(c2ccc(O)cc2)C(=O)[C@@H]13. The molecule has 4 fully saturated rings. The zero-order valence-corrected chi connectivity index (χ0v) is 21.7. The highest BCUT2D eigenvalue weighted by molar-refractivity contribution is 6.23. The maximum Gasteiger partial charge on any atom is 0.309 e. The second-order valence-electron chi connectivity index (χ2n) is 13.0. The normalized spacial score (nSPS) is 43.2. The Labute approximate surface area is 212 Å². The van der Waals surface area contributed by atoms with E-state index < -0.39 is 22.7 Å². The van der Waals surface area contributed by atoms with Crippen molar-refractivity contribution in [1.29, 1.82) is 0 Å². The lowest BCUT2D eigenvalue weighted by atomic mass is 9.34. The third-order valence-corrected chi connectivity index (χ3v) is 11.3. The molecule has 1 spiro atoms. The van der Waals surface area contributed by atoms with Crippen molar-refractivity contribution in [3.05, 3.63) is 35.9 Å². The molecule has 1 aliphatic heterocycles. The lowest BCUT2D eigenvalue weighted by Crippen LogP contribution is -2.65. The number of hydrogen-bond acceptors (Lipinski definition) is 4. The Morgan fingerprint density at radius 2 is 1.72 bits per heavy atom. The zero-order chi connectivity index (χ0) is 25.8. The molecule has 3 saturated carbocycles. The van der Waals surface area contributed by atoms with Crippen LogP contribution in [-0.4, -0.2) is 28.0 Å². The molecule has 6 aliphatic rings. The van der Waals surface area contributed by atoms with Crippen LogP contribution in [0.1, 0.15) is 66.2 Å². The van der Waals surface area contributed by atoms with Gasteiger partial charge < -0.3 is 10.2 Å². The molecule has 7 rings (SSSR count). The molecule has 0 radical (unpaired) electrons. The van der Waals surface area contributed by atoms with Gasteiger partial charge in [0.15, 0.2) is 0 Å². The first-order valence-electron chi connectivity index (χ1n) is 13.6. The van der Waals surface area contributed by atoms with E-state index in [1.807, 2.05) is 6.92 Å². The Balaban J connectivity index is 1.49. The van der Waals surface area contributed by atoms with Crippen molar-refractivity contribution < 1.29 is 24.6 Å². The van der Waals surface area contributed by atoms with Crippen LogP contribution >= 0.6 is 0 Å². The van der Waals surface area contributed by atoms with E-state index in [0.717, 1.165) is 32.1 Å². The van der Waals surface area contributed by atoms with E-state index in [2.05, 4.69) is 26.8 Å². The van der Waals surface area contributed by atoms with Gasteiger partial charge in [-0.15, -0.1) is 0 Å². The average Bonchev–Trinajstić information content (AvgIpc) is 3.11. The van der Waals surface area contributed by atoms with E-state index in [-0.39, 0.29) is 46.7 Å². The van der Waals surface area contributed by atoms with Crippen LogP contribution in [0.15, 0.2) is 35.9 Å². The van der Waals surface area contributed by atoms with Gasteiger partial charge in [0, 0.05) is 5.41 Å². The number of hydrogen-bond donors (Lipinski definition) is 2. The van der Waals surface area contributed by atoms with E-state index in [1.54, 1.807) is 12.1 Å². The van der Waals surface area contributed by atoms with Gasteiger partial charge in [-0.05, 0) is 92.4 Å². The number of aliphatic carboxylic acids is 1. The summed E-state index contributed by atoms with van der Waals surface area (Å²) in [6.07, 6.45) is 7.35. The van der Waals surface area contributed by atoms with Crippen LogP contribution in [0, 0.1) is 51.8 Å². The predicted molar refractivity (Wildman–Crippen MR) is 135 cm³/mol. The number of aromatic hydroxyl groups is 1. The Morgan fingerprint density at radius 1 is 1.03 bits per heavy atom. The van der Waals surface area contributed by atoms with Crippen molar-refractivity contribution in [2.75, 3.05) is 4.90 Å². The van der Waals surface area contributed by atoms with Crippen LogP contribution in [0.5, 0.6) is 5.75 Å². The summed E-state index contributed by atoms with van der Waals surface area (Å²) in [5, 5.41) is 20.0. The molecule has 1 aromatic carbocycles. The molecule has 2 N–H and O–H groups in total. The Hall–Kier alpha value is -2.63. The van der Waals surface area contributed by atoms with E-state index in [9.17, 15) is 24.6 Å². The summed E-state index contributed by atoms with van der Waals surface area (Å²) in [4.78, 5) is 42.0. The minimum absolute atomic E-state index is 0.00836. The second kappa shape index (κ2) is 7.45. The Kier molecular flexibility index (Phi) is 4.92. The van der Waals surface area contributed by atoms with E-state index >= 15 is 0 Å². The van der Waals surface area contributed by atoms with Gasteiger partial charge >= 0.3 is 5.97 Å². The number of amides is 2. The van der Waals surface area contributed by atoms with E-state index in [0.29, 0.717) is 18.0 Å². The molecule has 6 nitrogen and oxygen atoms in total. The second-order valence-corrected chi connectivity index (χ2v) is 13.0. The van der Waals surface area contributed by atoms with Gasteiger partial charge in [0.2, 0.25) is 11.8 Å². The van der Waals surface area contributed by atoms with Crippen LogP contribution in [-0.2, 0) is 14.4 Å². The molecule has 0 unspecified atom stereocenters. The van der Waals surface area contributed by atoms with Crippen LogP contribution in [0.25, 0.3) is 0 Å². The van der Waals surface area contributed by atoms with Crippen molar-refractivity contribution >= 4 is 23.5 Å². The number of phenols is 1. The number of phenolic OH excluding ortho intramolecular Hbond substituents is 1. The third-order valence-electron chi connectivity index (χ3n) is 11.3. The van der Waals surface area contributed by atoms with Crippen molar-refractivity contribution in [2.45, 2.75) is 66.2 Å². The topological polar surface area (TPSA) is 94.9 Å². The number of carboxylic acid groups (broad SMARTS) is 1. The number of fused-ring (bicyclic) bond motifs is 1. The summed E-state index contributed by atoms with van der Waals surface area (Å²) in [5.74, 6) is -1.04. The van der Waals surface area contributed by atoms with Crippen LogP contribution in [0.3, 0.4) is 0 Å². The summed E-state index contributed by atoms with van der Waals surface area (Å²) in [6.45, 7) is 8.59. The molecule has 8 atom stereocenters. The summed E-state index contributed by atoms with van der Waals surface area (Å²) < 4.78 is 0. The predicted octanol–water partition coefficient (Wildman–Crippen LogP) is 5.41. The molecular weight excluding hydrogens is 454 g/mol. The average molecular weight is 492 g/mol. The Bertz CT molecular complexity index is 1190. The first-order chi connectivity index (χ1) is 17.0. The van der Waals surface area contributed by atoms with Gasteiger partial charge in [-0.3, -0.25) is 19.3 Å². The fourth-order valence-corrected chi connectivity index (χ4v) is 9.81. The van der Waals surface area contributed by atoms with Crippen molar-refractivity contribution in [1.82, 2.24) is 0 Å². The molecule has 1 saturated heterocycles. The number of carboxylic acids is 1. The maximum atomic E-state index is 14.2. The quantitative estimate of drug-likeness (QED) is 0.436. The summed E-state index contributed by atoms with van der Waals surface area (Å²) in [5.41, 5.74) is 0.482. The zero-order valence-electron chi connectivity index (χ0n) is 21.7. The van der Waals surface area contributed by atoms with Gasteiger partial charge in [-0.25, -0.2) is 0 Å². The maximum absolute atomic E-state index is 14.2. The van der Waals surface area contributed by atoms with E-state index in [1.165, 1.54) is 22.6 Å². The monoisotopic (exact) mass is 491 g/mol. The van der Waals surface area contributed by atoms with Gasteiger partial charge in [0.25, 0.3) is 0 Å². The third kappa shape index (κ3) is 2.76. The summed E-state index contributed by atoms with van der Waals surface area (Å²) >= 11 is 0. The number of allylic oxidation sites excluding steroid dienone is 2. The van der Waals surface area contributed by atoms with Crippen LogP contribution in [0.4, 0.5) is 5.69 Å². The van der Waals surface area contributed by atoms with Crippen molar-refractivity contribution in [2.24, 2.45) is 51.8 Å². The van der Waals surface area contributed by atoms with Crippen LogP contribution < -0.4 is 4.90 Å². The smallest absolute Gasteiger partial charge is 0.309 e. The lowest BCUT2D eigenvalue weighted by Gasteiger charge is -2.68. The molecule has 2 amide bonds. The fourth-order valence-electron chi connectivity index (χ4n) is 9.81. The number of nitrogens with zero attached hydrogens (tertiary/aromatic N) is 1. The molecule has 2 bridgehead atoms. The number of anilines is 1. The summed E-state index contributed by atoms with van der Waals surface area (Å²) in [6, 6.07) is 6.33. The first-order valence-corrected chi connectivity index (χ1v) is 13.6. The largest absolute Gasteiger partial charge is 0.508 e. The van der Waals surface area contributed by atoms with Crippen molar-refractivity contribution in [3.8, 4) is 5.75 Å². The van der Waals surface area contributed by atoms with E-state index in [4.69, 9.17) is 0 Å². The standard InChI is InChI=1S/C30H37NO5/c1-16(2)20-15-30-13-10-21-28(3,11-5-12-29(21,4)27(35)36)22(30)14-19(20)23-24(30)26(34)31(25(23)33)17-6-8-18(32)9-7-17/h6-9,15-16,19,21-24,32H,5,10-14H2,1-4H3,(H,35,36)/t19-,21+,22+,23-,24-,28+,29-,30+/m1/s1. The Morgan fingerprint density at radius 3 is 2.36 bits per heavy atom. The number of rotatable bonds is 3. The summed E-state index contributed by atoms with van der Waals surface area (Å²) in [7, 11) is 0. The molecule has 1 aromatic rings. The number of benzene rings is 1. The molecule has 1 heterocycles. The molecular formula is C30H37NO5. The van der Waals surface area contributed by atoms with Gasteiger partial charge in [-0.1, -0.05) is 38.8 Å². The molecule has 5 aliphatic carbocycles. The van der Waals surface area contributed by atoms with Gasteiger partial charge in [0.1, 0.15) is 5.75 Å². The molecule has 0 aromatic heterocycles. The number of imide groups is 1. The van der Waals surface area contributed by atoms with Gasteiger partial charge in [0.05, 0.1) is 22.9 Å². The minimum Gasteiger partial charge on any atom is -0.508 e. The highest BCUT2D eigenvalue weighted by atomic mass is 16.4. The first kappa shape index (κ1) is 23.7. The van der Waals surface area contributed by atoms with Gasteiger partial charge in [-0.2, -0.15) is 0 Å². The van der Waals surface area contributed by atoms with Crippen LogP contribution in [0.2, 0.25) is 0 Å².